The highest BCUT2D eigenvalue weighted by atomic mass is 79.9. The number of rotatable bonds is 5. The molecule has 0 aliphatic rings. The first-order valence-electron chi connectivity index (χ1n) is 5.24. The molecule has 0 fully saturated rings. The van der Waals surface area contributed by atoms with Crippen molar-refractivity contribution in [3.05, 3.63) is 33.3 Å². The highest BCUT2D eigenvalue weighted by Gasteiger charge is 2.15. The summed E-state index contributed by atoms with van der Waals surface area (Å²) in [5, 5.41) is 13.0. The molecule has 0 saturated heterocycles. The summed E-state index contributed by atoms with van der Waals surface area (Å²) in [5.41, 5.74) is 1.08. The van der Waals surface area contributed by atoms with Crippen LogP contribution in [0.3, 0.4) is 0 Å². The number of benzene rings is 1. The van der Waals surface area contributed by atoms with Gasteiger partial charge in [-0.15, -0.1) is 0 Å². The highest BCUT2D eigenvalue weighted by molar-refractivity contribution is 9.10. The van der Waals surface area contributed by atoms with Gasteiger partial charge in [0.25, 0.3) is 0 Å². The van der Waals surface area contributed by atoms with Crippen LogP contribution in [0.15, 0.2) is 22.7 Å². The lowest BCUT2D eigenvalue weighted by Gasteiger charge is -2.25. The number of hydrogen-bond acceptors (Lipinski definition) is 2. The van der Waals surface area contributed by atoms with Crippen LogP contribution in [0.2, 0.25) is 5.02 Å². The summed E-state index contributed by atoms with van der Waals surface area (Å²) in [6.45, 7) is 5.09. The molecule has 0 aliphatic heterocycles. The van der Waals surface area contributed by atoms with E-state index < -0.39 is 0 Å². The molecule has 2 nitrogen and oxygen atoms in total. The van der Waals surface area contributed by atoms with Crippen molar-refractivity contribution in [2.75, 3.05) is 6.61 Å². The van der Waals surface area contributed by atoms with Crippen LogP contribution >= 0.6 is 27.5 Å². The van der Waals surface area contributed by atoms with Gasteiger partial charge in [-0.25, -0.2) is 0 Å². The Labute approximate surface area is 110 Å². The molecule has 0 aromatic heterocycles. The monoisotopic (exact) mass is 305 g/mol. The Morgan fingerprint density at radius 3 is 2.69 bits per heavy atom. The van der Waals surface area contributed by atoms with Gasteiger partial charge in [0, 0.05) is 23.2 Å². The van der Waals surface area contributed by atoms with Crippen molar-refractivity contribution in [3.63, 3.8) is 0 Å². The number of aliphatic hydroxyl groups is 1. The quantitative estimate of drug-likeness (QED) is 0.874. The van der Waals surface area contributed by atoms with Crippen LogP contribution in [0.5, 0.6) is 0 Å². The fourth-order valence-corrected chi connectivity index (χ4v) is 1.81. The minimum Gasteiger partial charge on any atom is -0.396 e. The number of hydrogen-bond donors (Lipinski definition) is 2. The second kappa shape index (κ2) is 6.01. The van der Waals surface area contributed by atoms with Gasteiger partial charge in [0.15, 0.2) is 0 Å². The van der Waals surface area contributed by atoms with E-state index in [9.17, 15) is 0 Å². The molecule has 0 atom stereocenters. The Morgan fingerprint density at radius 2 is 2.12 bits per heavy atom. The average molecular weight is 307 g/mol. The van der Waals surface area contributed by atoms with Crippen molar-refractivity contribution in [3.8, 4) is 0 Å². The average Bonchev–Trinajstić information content (AvgIpc) is 2.20. The zero-order valence-corrected chi connectivity index (χ0v) is 11.9. The minimum absolute atomic E-state index is 0.0612. The maximum atomic E-state index is 8.91. The van der Waals surface area contributed by atoms with Crippen molar-refractivity contribution >= 4 is 27.5 Å². The molecule has 16 heavy (non-hydrogen) atoms. The summed E-state index contributed by atoms with van der Waals surface area (Å²) in [6.07, 6.45) is 0.733. The van der Waals surface area contributed by atoms with Crippen molar-refractivity contribution < 1.29 is 5.11 Å². The molecule has 1 aromatic rings. The van der Waals surface area contributed by atoms with E-state index in [2.05, 4.69) is 35.1 Å². The normalized spacial score (nSPS) is 11.8. The summed E-state index contributed by atoms with van der Waals surface area (Å²) in [6, 6.07) is 5.91. The lowest BCUT2D eigenvalue weighted by Crippen LogP contribution is -2.39. The van der Waals surface area contributed by atoms with Gasteiger partial charge in [-0.2, -0.15) is 0 Å². The second-order valence-corrected chi connectivity index (χ2v) is 5.72. The van der Waals surface area contributed by atoms with E-state index in [1.54, 1.807) is 0 Å². The van der Waals surface area contributed by atoms with E-state index in [-0.39, 0.29) is 12.1 Å². The van der Waals surface area contributed by atoms with Gasteiger partial charge in [-0.05, 0) is 53.9 Å². The fourth-order valence-electron chi connectivity index (χ4n) is 1.36. The minimum atomic E-state index is -0.0612. The van der Waals surface area contributed by atoms with Crippen LogP contribution < -0.4 is 5.32 Å². The number of nitrogens with one attached hydrogen (secondary N) is 1. The predicted molar refractivity (Wildman–Crippen MR) is 71.8 cm³/mol. The molecule has 4 heteroatoms. The predicted octanol–water partition coefficient (Wildman–Crippen LogP) is 3.35. The standard InChI is InChI=1S/C12H17BrClNO/c1-12(2,5-6-16)15-8-9-3-4-10(13)11(14)7-9/h3-4,7,15-16H,5-6,8H2,1-2H3. The van der Waals surface area contributed by atoms with E-state index >= 15 is 0 Å². The Morgan fingerprint density at radius 1 is 1.44 bits per heavy atom. The van der Waals surface area contributed by atoms with E-state index in [1.807, 2.05) is 18.2 Å². The molecule has 0 heterocycles. The maximum absolute atomic E-state index is 8.91. The van der Waals surface area contributed by atoms with Gasteiger partial charge in [-0.1, -0.05) is 17.7 Å². The molecule has 2 N–H and O–H groups in total. The van der Waals surface area contributed by atoms with Crippen molar-refractivity contribution in [1.82, 2.24) is 5.32 Å². The Hall–Kier alpha value is -0.0900. The highest BCUT2D eigenvalue weighted by Crippen LogP contribution is 2.23. The lowest BCUT2D eigenvalue weighted by molar-refractivity contribution is 0.230. The van der Waals surface area contributed by atoms with Gasteiger partial charge < -0.3 is 10.4 Å². The van der Waals surface area contributed by atoms with E-state index in [4.69, 9.17) is 16.7 Å². The van der Waals surface area contributed by atoms with E-state index in [1.165, 1.54) is 0 Å². The summed E-state index contributed by atoms with van der Waals surface area (Å²) in [7, 11) is 0. The molecule has 0 bridgehead atoms. The lowest BCUT2D eigenvalue weighted by atomic mass is 10.0. The van der Waals surface area contributed by atoms with E-state index in [0.29, 0.717) is 0 Å². The first-order chi connectivity index (χ1) is 7.44. The van der Waals surface area contributed by atoms with Crippen molar-refractivity contribution in [2.45, 2.75) is 32.4 Å². The van der Waals surface area contributed by atoms with Gasteiger partial charge in [-0.3, -0.25) is 0 Å². The molecule has 0 amide bonds. The smallest absolute Gasteiger partial charge is 0.0551 e. The Bertz CT molecular complexity index is 355. The molecule has 0 spiro atoms. The third-order valence-corrected chi connectivity index (χ3v) is 3.72. The van der Waals surface area contributed by atoms with Crippen molar-refractivity contribution in [1.29, 1.82) is 0 Å². The first kappa shape index (κ1) is 14.0. The van der Waals surface area contributed by atoms with Crippen LogP contribution in [0.4, 0.5) is 0 Å². The molecule has 0 aliphatic carbocycles. The summed E-state index contributed by atoms with van der Waals surface area (Å²) < 4.78 is 0.910. The Kier molecular flexibility index (Phi) is 5.25. The molecule has 1 rings (SSSR count). The van der Waals surface area contributed by atoms with Crippen LogP contribution in [0.1, 0.15) is 25.8 Å². The maximum Gasteiger partial charge on any atom is 0.0551 e. The second-order valence-electron chi connectivity index (χ2n) is 4.46. The van der Waals surface area contributed by atoms with Crippen LogP contribution in [0, 0.1) is 0 Å². The third kappa shape index (κ3) is 4.42. The number of halogens is 2. The van der Waals surface area contributed by atoms with Crippen LogP contribution in [0.25, 0.3) is 0 Å². The van der Waals surface area contributed by atoms with Crippen LogP contribution in [-0.4, -0.2) is 17.3 Å². The molecule has 0 unspecified atom stereocenters. The molecular weight excluding hydrogens is 289 g/mol. The Balaban J connectivity index is 2.57. The van der Waals surface area contributed by atoms with Gasteiger partial charge in [0.1, 0.15) is 0 Å². The molecule has 90 valence electrons. The van der Waals surface area contributed by atoms with Gasteiger partial charge in [0.2, 0.25) is 0 Å². The zero-order valence-electron chi connectivity index (χ0n) is 9.56. The van der Waals surface area contributed by atoms with Crippen molar-refractivity contribution in [2.24, 2.45) is 0 Å². The van der Waals surface area contributed by atoms with Crippen LogP contribution in [-0.2, 0) is 6.54 Å². The van der Waals surface area contributed by atoms with E-state index in [0.717, 1.165) is 28.0 Å². The number of aliphatic hydroxyl groups excluding tert-OH is 1. The summed E-state index contributed by atoms with van der Waals surface area (Å²) >= 11 is 9.37. The third-order valence-electron chi connectivity index (χ3n) is 2.49. The molecule has 0 saturated carbocycles. The summed E-state index contributed by atoms with van der Waals surface area (Å²) in [5.74, 6) is 0. The van der Waals surface area contributed by atoms with Gasteiger partial charge >= 0.3 is 0 Å². The SMILES string of the molecule is CC(C)(CCO)NCc1ccc(Br)c(Cl)c1. The largest absolute Gasteiger partial charge is 0.396 e. The fraction of sp³-hybridized carbons (Fsp3) is 0.500. The molecule has 1 aromatic carbocycles. The first-order valence-corrected chi connectivity index (χ1v) is 6.41. The molecular formula is C12H17BrClNO. The zero-order chi connectivity index (χ0) is 12.2. The summed E-state index contributed by atoms with van der Waals surface area (Å²) in [4.78, 5) is 0. The molecule has 0 radical (unpaired) electrons. The van der Waals surface area contributed by atoms with Gasteiger partial charge in [0.05, 0.1) is 5.02 Å². The topological polar surface area (TPSA) is 32.3 Å².